The third-order valence-electron chi connectivity index (χ3n) is 5.06. The van der Waals surface area contributed by atoms with E-state index in [9.17, 15) is 0 Å². The molecule has 1 heterocycles. The Hall–Kier alpha value is -0.860. The van der Waals surface area contributed by atoms with Crippen LogP contribution in [0.15, 0.2) is 24.3 Å². The van der Waals surface area contributed by atoms with Gasteiger partial charge < -0.3 is 10.6 Å². The van der Waals surface area contributed by atoms with Crippen LogP contribution in [0.5, 0.6) is 0 Å². The number of benzene rings is 1. The lowest BCUT2D eigenvalue weighted by Gasteiger charge is -2.39. The number of rotatable bonds is 3. The molecule has 1 saturated heterocycles. The summed E-state index contributed by atoms with van der Waals surface area (Å²) in [4.78, 5) is 2.74. The highest BCUT2D eigenvalue weighted by atomic mass is 15.2. The fourth-order valence-corrected chi connectivity index (χ4v) is 3.83. The van der Waals surface area contributed by atoms with Crippen molar-refractivity contribution in [1.29, 1.82) is 0 Å². The van der Waals surface area contributed by atoms with Gasteiger partial charge in [-0.25, -0.2) is 0 Å². The molecule has 1 aromatic rings. The van der Waals surface area contributed by atoms with Crippen LogP contribution in [0.4, 0.5) is 0 Å². The average molecular weight is 258 g/mol. The third kappa shape index (κ3) is 3.01. The Morgan fingerprint density at radius 1 is 1.05 bits per heavy atom. The molecule has 2 heteroatoms. The SMILES string of the molecule is NCCC1CCN(C2CCc3ccccc3C2)CC1. The number of likely N-dealkylation sites (tertiary alicyclic amines) is 1. The van der Waals surface area contributed by atoms with Crippen LogP contribution < -0.4 is 5.73 Å². The maximum atomic E-state index is 5.68. The molecule has 1 aromatic carbocycles. The van der Waals surface area contributed by atoms with Gasteiger partial charge in [0.05, 0.1) is 0 Å². The molecule has 19 heavy (non-hydrogen) atoms. The smallest absolute Gasteiger partial charge is 0.0139 e. The minimum atomic E-state index is 0.786. The van der Waals surface area contributed by atoms with Gasteiger partial charge in [-0.15, -0.1) is 0 Å². The number of nitrogens with two attached hydrogens (primary N) is 1. The summed E-state index contributed by atoms with van der Waals surface area (Å²) in [5.74, 6) is 0.886. The van der Waals surface area contributed by atoms with Gasteiger partial charge >= 0.3 is 0 Å². The molecule has 104 valence electrons. The van der Waals surface area contributed by atoms with Crippen LogP contribution in [-0.4, -0.2) is 30.6 Å². The van der Waals surface area contributed by atoms with Gasteiger partial charge in [0.15, 0.2) is 0 Å². The number of hydrogen-bond acceptors (Lipinski definition) is 2. The van der Waals surface area contributed by atoms with Gasteiger partial charge in [0.1, 0.15) is 0 Å². The zero-order valence-electron chi connectivity index (χ0n) is 11.9. The van der Waals surface area contributed by atoms with Crippen LogP contribution in [0.2, 0.25) is 0 Å². The molecular weight excluding hydrogens is 232 g/mol. The molecule has 1 atom stereocenters. The third-order valence-corrected chi connectivity index (χ3v) is 5.06. The Labute approximate surface area is 117 Å². The van der Waals surface area contributed by atoms with E-state index in [1.807, 2.05) is 0 Å². The summed E-state index contributed by atoms with van der Waals surface area (Å²) < 4.78 is 0. The van der Waals surface area contributed by atoms with E-state index in [4.69, 9.17) is 5.73 Å². The normalized spacial score (nSPS) is 25.2. The zero-order valence-corrected chi connectivity index (χ0v) is 11.9. The molecular formula is C17H26N2. The maximum absolute atomic E-state index is 5.68. The predicted molar refractivity (Wildman–Crippen MR) is 80.2 cm³/mol. The van der Waals surface area contributed by atoms with Crippen LogP contribution in [0, 0.1) is 5.92 Å². The number of piperidine rings is 1. The van der Waals surface area contributed by atoms with E-state index in [-0.39, 0.29) is 0 Å². The molecule has 2 N–H and O–H groups in total. The van der Waals surface area contributed by atoms with Crippen LogP contribution in [0.25, 0.3) is 0 Å². The van der Waals surface area contributed by atoms with Gasteiger partial charge in [0, 0.05) is 6.04 Å². The highest BCUT2D eigenvalue weighted by molar-refractivity contribution is 5.30. The topological polar surface area (TPSA) is 29.3 Å². The minimum Gasteiger partial charge on any atom is -0.330 e. The van der Waals surface area contributed by atoms with E-state index in [0.29, 0.717) is 0 Å². The molecule has 0 saturated carbocycles. The molecule has 1 unspecified atom stereocenters. The van der Waals surface area contributed by atoms with Gasteiger partial charge in [-0.1, -0.05) is 24.3 Å². The van der Waals surface area contributed by atoms with Crippen molar-refractivity contribution >= 4 is 0 Å². The molecule has 0 aromatic heterocycles. The molecule has 1 aliphatic carbocycles. The fourth-order valence-electron chi connectivity index (χ4n) is 3.83. The molecule has 3 rings (SSSR count). The van der Waals surface area contributed by atoms with Crippen molar-refractivity contribution < 1.29 is 0 Å². The lowest BCUT2D eigenvalue weighted by Crippen LogP contribution is -2.44. The summed E-state index contributed by atoms with van der Waals surface area (Å²) in [6, 6.07) is 9.78. The summed E-state index contributed by atoms with van der Waals surface area (Å²) >= 11 is 0. The second-order valence-electron chi connectivity index (χ2n) is 6.22. The summed E-state index contributed by atoms with van der Waals surface area (Å²) in [6.07, 6.45) is 7.81. The molecule has 0 spiro atoms. The van der Waals surface area contributed by atoms with E-state index >= 15 is 0 Å². The quantitative estimate of drug-likeness (QED) is 0.903. The van der Waals surface area contributed by atoms with Gasteiger partial charge in [-0.05, 0) is 75.2 Å². The summed E-state index contributed by atoms with van der Waals surface area (Å²) in [6.45, 7) is 3.44. The Morgan fingerprint density at radius 2 is 1.79 bits per heavy atom. The Morgan fingerprint density at radius 3 is 2.53 bits per heavy atom. The first-order valence-corrected chi connectivity index (χ1v) is 7.87. The van der Waals surface area contributed by atoms with E-state index in [1.54, 1.807) is 11.1 Å². The highest BCUT2D eigenvalue weighted by Gasteiger charge is 2.27. The van der Waals surface area contributed by atoms with E-state index in [0.717, 1.165) is 18.5 Å². The summed E-state index contributed by atoms with van der Waals surface area (Å²) in [5, 5.41) is 0. The zero-order chi connectivity index (χ0) is 13.1. The van der Waals surface area contributed by atoms with Crippen molar-refractivity contribution in [3.8, 4) is 0 Å². The Balaban J connectivity index is 1.57. The largest absolute Gasteiger partial charge is 0.330 e. The van der Waals surface area contributed by atoms with Gasteiger partial charge in [-0.2, -0.15) is 0 Å². The molecule has 0 amide bonds. The highest BCUT2D eigenvalue weighted by Crippen LogP contribution is 2.28. The lowest BCUT2D eigenvalue weighted by molar-refractivity contribution is 0.120. The van der Waals surface area contributed by atoms with Gasteiger partial charge in [0.2, 0.25) is 0 Å². The van der Waals surface area contributed by atoms with Crippen molar-refractivity contribution in [2.75, 3.05) is 19.6 Å². The van der Waals surface area contributed by atoms with Gasteiger partial charge in [0.25, 0.3) is 0 Å². The predicted octanol–water partition coefficient (Wildman–Crippen LogP) is 2.60. The summed E-state index contributed by atoms with van der Waals surface area (Å²) in [5.41, 5.74) is 8.84. The maximum Gasteiger partial charge on any atom is 0.0139 e. The van der Waals surface area contributed by atoms with Crippen molar-refractivity contribution in [3.63, 3.8) is 0 Å². The minimum absolute atomic E-state index is 0.786. The van der Waals surface area contributed by atoms with E-state index in [2.05, 4.69) is 29.2 Å². The van der Waals surface area contributed by atoms with E-state index in [1.165, 1.54) is 51.6 Å². The van der Waals surface area contributed by atoms with Crippen molar-refractivity contribution in [2.45, 2.75) is 44.6 Å². The van der Waals surface area contributed by atoms with Crippen LogP contribution in [-0.2, 0) is 12.8 Å². The fraction of sp³-hybridized carbons (Fsp3) is 0.647. The number of aryl methyl sites for hydroxylation is 1. The number of hydrogen-bond donors (Lipinski definition) is 1. The number of nitrogens with zero attached hydrogens (tertiary/aromatic N) is 1. The van der Waals surface area contributed by atoms with Crippen molar-refractivity contribution in [2.24, 2.45) is 11.7 Å². The second-order valence-corrected chi connectivity index (χ2v) is 6.22. The molecule has 2 aliphatic rings. The second kappa shape index (κ2) is 6.06. The Kier molecular flexibility index (Phi) is 4.19. The van der Waals surface area contributed by atoms with Crippen LogP contribution in [0.1, 0.15) is 36.8 Å². The molecule has 2 nitrogen and oxygen atoms in total. The molecule has 1 fully saturated rings. The van der Waals surface area contributed by atoms with Crippen LogP contribution in [0.3, 0.4) is 0 Å². The molecule has 0 radical (unpaired) electrons. The first-order chi connectivity index (χ1) is 9.36. The van der Waals surface area contributed by atoms with Crippen molar-refractivity contribution in [1.82, 2.24) is 4.90 Å². The van der Waals surface area contributed by atoms with Crippen molar-refractivity contribution in [3.05, 3.63) is 35.4 Å². The summed E-state index contributed by atoms with van der Waals surface area (Å²) in [7, 11) is 0. The van der Waals surface area contributed by atoms with Crippen LogP contribution >= 0.6 is 0 Å². The first-order valence-electron chi connectivity index (χ1n) is 7.87. The molecule has 0 bridgehead atoms. The number of fused-ring (bicyclic) bond motifs is 1. The monoisotopic (exact) mass is 258 g/mol. The van der Waals surface area contributed by atoms with E-state index < -0.39 is 0 Å². The molecule has 1 aliphatic heterocycles. The average Bonchev–Trinajstić information content (AvgIpc) is 2.48. The first kappa shape index (κ1) is 13.1. The standard InChI is InChI=1S/C17H26N2/c18-10-7-14-8-11-19(12-9-14)17-6-5-15-3-1-2-4-16(15)13-17/h1-4,14,17H,5-13,18H2. The lowest BCUT2D eigenvalue weighted by atomic mass is 9.85. The van der Waals surface area contributed by atoms with Gasteiger partial charge in [-0.3, -0.25) is 0 Å². The Bertz CT molecular complexity index is 407.